The molecule has 86 valence electrons. The molecule has 0 aliphatic carbocycles. The van der Waals surface area contributed by atoms with Crippen LogP contribution >= 0.6 is 11.6 Å². The third-order valence-electron chi connectivity index (χ3n) is 2.15. The Morgan fingerprint density at radius 2 is 2.00 bits per heavy atom. The van der Waals surface area contributed by atoms with E-state index in [0.29, 0.717) is 11.8 Å². The van der Waals surface area contributed by atoms with Gasteiger partial charge in [0, 0.05) is 17.7 Å². The molecule has 0 aliphatic heterocycles. The number of carbonyl (C=O) groups excluding carboxylic acids is 1. The van der Waals surface area contributed by atoms with Gasteiger partial charge in [0.15, 0.2) is 6.29 Å². The molecular formula is C10H5ClN2O4. The van der Waals surface area contributed by atoms with Crippen molar-refractivity contribution in [3.8, 4) is 11.3 Å². The molecule has 0 N–H and O–H groups in total. The van der Waals surface area contributed by atoms with Crippen LogP contribution in [0.25, 0.3) is 11.3 Å². The van der Waals surface area contributed by atoms with Crippen molar-refractivity contribution in [2.45, 2.75) is 0 Å². The first-order chi connectivity index (χ1) is 8.13. The number of carbonyl (C=O) groups is 1. The normalized spacial score (nSPS) is 10.2. The van der Waals surface area contributed by atoms with Crippen LogP contribution in [0, 0.1) is 10.1 Å². The maximum absolute atomic E-state index is 10.8. The molecule has 1 aromatic carbocycles. The van der Waals surface area contributed by atoms with E-state index in [4.69, 9.17) is 11.6 Å². The van der Waals surface area contributed by atoms with Crippen molar-refractivity contribution >= 4 is 23.6 Å². The van der Waals surface area contributed by atoms with Crippen LogP contribution in [0.3, 0.4) is 0 Å². The first-order valence-electron chi connectivity index (χ1n) is 4.48. The topological polar surface area (TPSA) is 86.2 Å². The molecule has 0 spiro atoms. The van der Waals surface area contributed by atoms with Crippen LogP contribution in [-0.4, -0.2) is 16.4 Å². The fourth-order valence-corrected chi connectivity index (χ4v) is 1.50. The molecule has 7 heteroatoms. The summed E-state index contributed by atoms with van der Waals surface area (Å²) in [4.78, 5) is 20.7. The lowest BCUT2D eigenvalue weighted by molar-refractivity contribution is -0.384. The number of rotatable bonds is 3. The predicted molar refractivity (Wildman–Crippen MR) is 59.0 cm³/mol. The molecular weight excluding hydrogens is 248 g/mol. The lowest BCUT2D eigenvalue weighted by Crippen LogP contribution is -1.88. The highest BCUT2D eigenvalue weighted by atomic mass is 35.5. The van der Waals surface area contributed by atoms with Crippen LogP contribution < -0.4 is 0 Å². The number of non-ortho nitro benzene ring substituents is 1. The summed E-state index contributed by atoms with van der Waals surface area (Å²) in [6.07, 6.45) is 0.523. The average molecular weight is 253 g/mol. The summed E-state index contributed by atoms with van der Waals surface area (Å²) in [5.74, 6) is 0. The highest BCUT2D eigenvalue weighted by Crippen LogP contribution is 2.28. The van der Waals surface area contributed by atoms with Gasteiger partial charge >= 0.3 is 0 Å². The van der Waals surface area contributed by atoms with Gasteiger partial charge in [0.1, 0.15) is 11.3 Å². The third-order valence-corrected chi connectivity index (χ3v) is 2.43. The minimum atomic E-state index is -0.514. The molecule has 17 heavy (non-hydrogen) atoms. The van der Waals surface area contributed by atoms with Gasteiger partial charge in [-0.05, 0) is 23.7 Å². The van der Waals surface area contributed by atoms with Gasteiger partial charge in [-0.15, -0.1) is 0 Å². The van der Waals surface area contributed by atoms with Crippen molar-refractivity contribution in [2.75, 3.05) is 0 Å². The summed E-state index contributed by atoms with van der Waals surface area (Å²) in [7, 11) is 0. The summed E-state index contributed by atoms with van der Waals surface area (Å²) < 4.78 is 4.67. The number of hydrogen-bond donors (Lipinski definition) is 0. The highest BCUT2D eigenvalue weighted by molar-refractivity contribution is 6.31. The summed E-state index contributed by atoms with van der Waals surface area (Å²) >= 11 is 5.61. The van der Waals surface area contributed by atoms with Crippen molar-refractivity contribution in [3.63, 3.8) is 0 Å². The van der Waals surface area contributed by atoms with Gasteiger partial charge < -0.3 is 4.52 Å². The number of nitro groups is 1. The van der Waals surface area contributed by atoms with Crippen molar-refractivity contribution in [3.05, 3.63) is 45.2 Å². The van der Waals surface area contributed by atoms with Crippen LogP contribution in [0.5, 0.6) is 0 Å². The smallest absolute Gasteiger partial charge is 0.269 e. The van der Waals surface area contributed by atoms with Gasteiger partial charge in [0.25, 0.3) is 5.69 Å². The van der Waals surface area contributed by atoms with E-state index in [-0.39, 0.29) is 22.2 Å². The van der Waals surface area contributed by atoms with E-state index in [1.54, 1.807) is 0 Å². The lowest BCUT2D eigenvalue weighted by Gasteiger charge is -1.96. The van der Waals surface area contributed by atoms with Gasteiger partial charge in [-0.25, -0.2) is 0 Å². The molecule has 0 aliphatic rings. The Labute approximate surface area is 99.9 Å². The monoisotopic (exact) mass is 252 g/mol. The van der Waals surface area contributed by atoms with E-state index in [0.717, 1.165) is 0 Å². The van der Waals surface area contributed by atoms with Gasteiger partial charge in [0.05, 0.1) is 4.92 Å². The standard InChI is InChI=1S/C10H5ClN2O4/c11-10-8(5-14)9(12-17-10)6-1-3-7(4-2-6)13(15)16/h1-5H. The first kappa shape index (κ1) is 11.3. The molecule has 0 saturated heterocycles. The molecule has 0 bridgehead atoms. The first-order valence-corrected chi connectivity index (χ1v) is 4.86. The Morgan fingerprint density at radius 3 is 2.53 bits per heavy atom. The van der Waals surface area contributed by atoms with Crippen LogP contribution in [0.4, 0.5) is 5.69 Å². The minimum absolute atomic E-state index is 0.0454. The maximum atomic E-state index is 10.8. The minimum Gasteiger partial charge on any atom is -0.343 e. The zero-order chi connectivity index (χ0) is 12.4. The Morgan fingerprint density at radius 1 is 1.35 bits per heavy atom. The molecule has 1 aromatic heterocycles. The Bertz CT molecular complexity index is 576. The SMILES string of the molecule is O=Cc1c(-c2ccc([N+](=O)[O-])cc2)noc1Cl. The van der Waals surface area contributed by atoms with Crippen LogP contribution in [-0.2, 0) is 0 Å². The molecule has 6 nitrogen and oxygen atoms in total. The Hall–Kier alpha value is -2.21. The number of aldehydes is 1. The maximum Gasteiger partial charge on any atom is 0.269 e. The Balaban J connectivity index is 2.46. The van der Waals surface area contributed by atoms with E-state index in [1.165, 1.54) is 24.3 Å². The molecule has 2 aromatic rings. The second-order valence-electron chi connectivity index (χ2n) is 3.14. The summed E-state index contributed by atoms with van der Waals surface area (Å²) in [5.41, 5.74) is 0.866. The van der Waals surface area contributed by atoms with Gasteiger partial charge in [-0.2, -0.15) is 0 Å². The molecule has 0 unspecified atom stereocenters. The molecule has 0 fully saturated rings. The van der Waals surface area contributed by atoms with Crippen molar-refractivity contribution in [1.82, 2.24) is 5.16 Å². The molecule has 1 heterocycles. The highest BCUT2D eigenvalue weighted by Gasteiger charge is 2.16. The van der Waals surface area contributed by atoms with Gasteiger partial charge in [0.2, 0.25) is 5.22 Å². The number of nitro benzene ring substituents is 1. The van der Waals surface area contributed by atoms with Crippen LogP contribution in [0.1, 0.15) is 10.4 Å². The summed E-state index contributed by atoms with van der Waals surface area (Å²) in [6, 6.07) is 5.57. The van der Waals surface area contributed by atoms with E-state index in [1.807, 2.05) is 0 Å². The number of hydrogen-bond acceptors (Lipinski definition) is 5. The van der Waals surface area contributed by atoms with E-state index >= 15 is 0 Å². The number of aromatic nitrogens is 1. The van der Waals surface area contributed by atoms with Crippen LogP contribution in [0.15, 0.2) is 28.8 Å². The number of halogens is 1. The van der Waals surface area contributed by atoms with Crippen molar-refractivity contribution in [1.29, 1.82) is 0 Å². The van der Waals surface area contributed by atoms with E-state index in [2.05, 4.69) is 9.68 Å². The predicted octanol–water partition coefficient (Wildman–Crippen LogP) is 2.72. The van der Waals surface area contributed by atoms with Crippen molar-refractivity contribution < 1.29 is 14.2 Å². The van der Waals surface area contributed by atoms with Crippen molar-refractivity contribution in [2.24, 2.45) is 0 Å². The fourth-order valence-electron chi connectivity index (χ4n) is 1.33. The second kappa shape index (κ2) is 4.34. The molecule has 0 atom stereocenters. The quantitative estimate of drug-likeness (QED) is 0.476. The van der Waals surface area contributed by atoms with Gasteiger partial charge in [-0.3, -0.25) is 14.9 Å². The lowest BCUT2D eigenvalue weighted by atomic mass is 10.1. The largest absolute Gasteiger partial charge is 0.343 e. The molecule has 0 radical (unpaired) electrons. The summed E-state index contributed by atoms with van der Waals surface area (Å²) in [5, 5.41) is 14.0. The van der Waals surface area contributed by atoms with E-state index < -0.39 is 4.92 Å². The van der Waals surface area contributed by atoms with Crippen LogP contribution in [0.2, 0.25) is 5.22 Å². The molecule has 0 amide bonds. The Kier molecular flexibility index (Phi) is 2.88. The fraction of sp³-hybridized carbons (Fsp3) is 0. The van der Waals surface area contributed by atoms with E-state index in [9.17, 15) is 14.9 Å². The van der Waals surface area contributed by atoms with Gasteiger partial charge in [-0.1, -0.05) is 5.16 Å². The zero-order valence-electron chi connectivity index (χ0n) is 8.29. The number of benzene rings is 1. The molecule has 0 saturated carbocycles. The zero-order valence-corrected chi connectivity index (χ0v) is 9.05. The average Bonchev–Trinajstić information content (AvgIpc) is 2.70. The molecule has 2 rings (SSSR count). The third kappa shape index (κ3) is 2.02. The number of nitrogens with zero attached hydrogens (tertiary/aromatic N) is 2. The summed E-state index contributed by atoms with van der Waals surface area (Å²) in [6.45, 7) is 0. The second-order valence-corrected chi connectivity index (χ2v) is 3.48.